The standard InChI is InChI=1S/C7H11N7/c1-8-5(6-9-3-4-10-6)7-11-13-14(2)12-7/h3-5,8H,1-2H3,(H,9,10). The smallest absolute Gasteiger partial charge is 0.199 e. The molecule has 1 atom stereocenters. The van der Waals surface area contributed by atoms with E-state index in [-0.39, 0.29) is 6.04 Å². The molecule has 1 unspecified atom stereocenters. The van der Waals surface area contributed by atoms with Crippen molar-refractivity contribution in [3.63, 3.8) is 0 Å². The average Bonchev–Trinajstić information content (AvgIpc) is 2.79. The fourth-order valence-electron chi connectivity index (χ4n) is 1.24. The Labute approximate surface area is 80.5 Å². The maximum Gasteiger partial charge on any atom is 0.199 e. The van der Waals surface area contributed by atoms with Gasteiger partial charge >= 0.3 is 0 Å². The summed E-state index contributed by atoms with van der Waals surface area (Å²) in [7, 11) is 3.55. The lowest BCUT2D eigenvalue weighted by Gasteiger charge is -2.07. The van der Waals surface area contributed by atoms with Crippen LogP contribution in [0, 0.1) is 0 Å². The van der Waals surface area contributed by atoms with Gasteiger partial charge in [-0.3, -0.25) is 0 Å². The van der Waals surface area contributed by atoms with Crippen LogP contribution >= 0.6 is 0 Å². The zero-order valence-electron chi connectivity index (χ0n) is 7.97. The SMILES string of the molecule is CNC(c1nnn(C)n1)c1ncc[nH]1. The molecule has 0 radical (unpaired) electrons. The third-order valence-corrected chi connectivity index (χ3v) is 1.86. The number of nitrogens with zero attached hydrogens (tertiary/aromatic N) is 5. The van der Waals surface area contributed by atoms with Gasteiger partial charge in [-0.15, -0.1) is 10.2 Å². The van der Waals surface area contributed by atoms with Crippen LogP contribution in [0.5, 0.6) is 0 Å². The molecular formula is C7H11N7. The summed E-state index contributed by atoms with van der Waals surface area (Å²) in [6, 6.07) is -0.140. The van der Waals surface area contributed by atoms with Crippen molar-refractivity contribution in [3.8, 4) is 0 Å². The number of aromatic nitrogens is 6. The quantitative estimate of drug-likeness (QED) is 0.669. The summed E-state index contributed by atoms with van der Waals surface area (Å²) < 4.78 is 0. The van der Waals surface area contributed by atoms with Gasteiger partial charge in [-0.2, -0.15) is 4.80 Å². The van der Waals surface area contributed by atoms with Gasteiger partial charge in [-0.25, -0.2) is 4.98 Å². The Kier molecular flexibility index (Phi) is 2.23. The Morgan fingerprint density at radius 2 is 2.43 bits per heavy atom. The van der Waals surface area contributed by atoms with Gasteiger partial charge in [0.2, 0.25) is 0 Å². The fraction of sp³-hybridized carbons (Fsp3) is 0.429. The second kappa shape index (κ2) is 3.54. The van der Waals surface area contributed by atoms with E-state index in [9.17, 15) is 0 Å². The molecule has 0 saturated carbocycles. The van der Waals surface area contributed by atoms with Crippen LogP contribution in [0.2, 0.25) is 0 Å². The minimum Gasteiger partial charge on any atom is -0.347 e. The molecule has 7 heteroatoms. The van der Waals surface area contributed by atoms with Gasteiger partial charge in [0.15, 0.2) is 5.82 Å². The van der Waals surface area contributed by atoms with E-state index in [0.29, 0.717) is 5.82 Å². The first-order valence-electron chi connectivity index (χ1n) is 4.21. The molecule has 0 fully saturated rings. The summed E-state index contributed by atoms with van der Waals surface area (Å²) in [4.78, 5) is 8.56. The Morgan fingerprint density at radius 3 is 2.93 bits per heavy atom. The number of nitrogens with one attached hydrogen (secondary N) is 2. The summed E-state index contributed by atoms with van der Waals surface area (Å²) in [6.45, 7) is 0. The zero-order chi connectivity index (χ0) is 9.97. The van der Waals surface area contributed by atoms with E-state index in [1.54, 1.807) is 19.4 Å². The number of aryl methyl sites for hydroxylation is 1. The van der Waals surface area contributed by atoms with Gasteiger partial charge in [-0.1, -0.05) is 0 Å². The summed E-state index contributed by atoms with van der Waals surface area (Å²) in [5.74, 6) is 1.38. The lowest BCUT2D eigenvalue weighted by Crippen LogP contribution is -2.20. The molecule has 2 N–H and O–H groups in total. The van der Waals surface area contributed by atoms with Crippen LogP contribution in [0.15, 0.2) is 12.4 Å². The summed E-state index contributed by atoms with van der Waals surface area (Å²) in [5, 5.41) is 14.9. The first-order chi connectivity index (χ1) is 6.81. The molecule has 2 heterocycles. The normalized spacial score (nSPS) is 13.0. The Morgan fingerprint density at radius 1 is 1.57 bits per heavy atom. The van der Waals surface area contributed by atoms with Crippen LogP contribution in [0.25, 0.3) is 0 Å². The van der Waals surface area contributed by atoms with E-state index in [1.807, 2.05) is 7.05 Å². The molecule has 0 saturated heterocycles. The van der Waals surface area contributed by atoms with Gasteiger partial charge < -0.3 is 10.3 Å². The first kappa shape index (κ1) is 8.82. The molecule has 0 aromatic carbocycles. The zero-order valence-corrected chi connectivity index (χ0v) is 7.97. The van der Waals surface area contributed by atoms with Crippen molar-refractivity contribution in [1.82, 2.24) is 35.5 Å². The lowest BCUT2D eigenvalue weighted by molar-refractivity contribution is 0.598. The molecule has 0 amide bonds. The molecule has 7 nitrogen and oxygen atoms in total. The van der Waals surface area contributed by atoms with Crippen LogP contribution < -0.4 is 5.32 Å². The number of H-pyrrole nitrogens is 1. The molecule has 0 spiro atoms. The number of imidazole rings is 1. The molecule has 0 bridgehead atoms. The Balaban J connectivity index is 2.31. The van der Waals surface area contributed by atoms with Crippen molar-refractivity contribution in [2.75, 3.05) is 7.05 Å². The van der Waals surface area contributed by atoms with Gasteiger partial charge in [0.1, 0.15) is 11.9 Å². The molecular weight excluding hydrogens is 182 g/mol. The fourth-order valence-corrected chi connectivity index (χ4v) is 1.24. The van der Waals surface area contributed by atoms with E-state index in [4.69, 9.17) is 0 Å². The first-order valence-corrected chi connectivity index (χ1v) is 4.21. The molecule has 0 aliphatic rings. The molecule has 2 aromatic rings. The molecule has 0 aliphatic carbocycles. The van der Waals surface area contributed by atoms with Gasteiger partial charge in [-0.05, 0) is 12.3 Å². The second-order valence-electron chi connectivity index (χ2n) is 2.83. The largest absolute Gasteiger partial charge is 0.347 e. The summed E-state index contributed by atoms with van der Waals surface area (Å²) in [6.07, 6.45) is 3.45. The topological polar surface area (TPSA) is 84.3 Å². The van der Waals surface area contributed by atoms with E-state index in [0.717, 1.165) is 5.82 Å². The van der Waals surface area contributed by atoms with Crippen molar-refractivity contribution >= 4 is 0 Å². The van der Waals surface area contributed by atoms with Crippen molar-refractivity contribution < 1.29 is 0 Å². The monoisotopic (exact) mass is 193 g/mol. The summed E-state index contributed by atoms with van der Waals surface area (Å²) in [5.41, 5.74) is 0. The highest BCUT2D eigenvalue weighted by Gasteiger charge is 2.18. The van der Waals surface area contributed by atoms with Crippen LogP contribution in [0.4, 0.5) is 0 Å². The van der Waals surface area contributed by atoms with Crippen LogP contribution in [0.1, 0.15) is 17.7 Å². The highest BCUT2D eigenvalue weighted by atomic mass is 15.6. The molecule has 2 rings (SSSR count). The molecule has 2 aromatic heterocycles. The minimum absolute atomic E-state index is 0.140. The molecule has 0 aliphatic heterocycles. The second-order valence-corrected chi connectivity index (χ2v) is 2.83. The van der Waals surface area contributed by atoms with Gasteiger partial charge in [0.05, 0.1) is 7.05 Å². The highest BCUT2D eigenvalue weighted by Crippen LogP contribution is 2.12. The highest BCUT2D eigenvalue weighted by molar-refractivity contribution is 5.07. The van der Waals surface area contributed by atoms with Crippen LogP contribution in [0.3, 0.4) is 0 Å². The maximum atomic E-state index is 4.14. The van der Waals surface area contributed by atoms with Crippen LogP contribution in [-0.2, 0) is 7.05 Å². The van der Waals surface area contributed by atoms with Crippen LogP contribution in [-0.4, -0.2) is 37.2 Å². The Hall–Kier alpha value is -1.76. The molecule has 14 heavy (non-hydrogen) atoms. The summed E-state index contributed by atoms with van der Waals surface area (Å²) >= 11 is 0. The number of aromatic amines is 1. The van der Waals surface area contributed by atoms with Crippen molar-refractivity contribution in [3.05, 3.63) is 24.0 Å². The van der Waals surface area contributed by atoms with Crippen molar-refractivity contribution in [2.24, 2.45) is 7.05 Å². The van der Waals surface area contributed by atoms with Crippen molar-refractivity contribution in [2.45, 2.75) is 6.04 Å². The van der Waals surface area contributed by atoms with E-state index in [1.165, 1.54) is 4.80 Å². The minimum atomic E-state index is -0.140. The van der Waals surface area contributed by atoms with Crippen molar-refractivity contribution in [1.29, 1.82) is 0 Å². The van der Waals surface area contributed by atoms with E-state index < -0.39 is 0 Å². The van der Waals surface area contributed by atoms with E-state index >= 15 is 0 Å². The predicted octanol–water partition coefficient (Wildman–Crippen LogP) is -0.758. The number of rotatable bonds is 3. The van der Waals surface area contributed by atoms with Gasteiger partial charge in [0, 0.05) is 12.4 Å². The number of hydrogen-bond acceptors (Lipinski definition) is 5. The maximum absolute atomic E-state index is 4.14. The number of tetrazole rings is 1. The third kappa shape index (κ3) is 1.49. The van der Waals surface area contributed by atoms with E-state index in [2.05, 4.69) is 30.7 Å². The lowest BCUT2D eigenvalue weighted by atomic mass is 10.3. The Bertz CT molecular complexity index is 390. The number of hydrogen-bond donors (Lipinski definition) is 2. The third-order valence-electron chi connectivity index (χ3n) is 1.86. The average molecular weight is 193 g/mol. The van der Waals surface area contributed by atoms with Gasteiger partial charge in [0.25, 0.3) is 0 Å². The predicted molar refractivity (Wildman–Crippen MR) is 48.3 cm³/mol. The molecule has 74 valence electrons.